The van der Waals surface area contributed by atoms with Crippen molar-refractivity contribution >= 4 is 28.9 Å². The number of hydrogen-bond donors (Lipinski definition) is 2. The van der Waals surface area contributed by atoms with Crippen molar-refractivity contribution in [2.24, 2.45) is 11.8 Å². The number of allylic oxidation sites excluding steroid dienone is 1. The fraction of sp³-hybridized carbons (Fsp3) is 0.455. The number of alkyl halides is 2. The first-order valence-electron chi connectivity index (χ1n) is 15.0. The summed E-state index contributed by atoms with van der Waals surface area (Å²) in [6.45, 7) is 14.8. The molecule has 0 bridgehead atoms. The lowest BCUT2D eigenvalue weighted by Crippen LogP contribution is -2.16. The number of pyridine rings is 1. The number of halogens is 3. The second kappa shape index (κ2) is 15.0. The molecule has 238 valence electrons. The first kappa shape index (κ1) is 34.3. The Morgan fingerprint density at radius 2 is 1.93 bits per heavy atom. The van der Waals surface area contributed by atoms with E-state index in [0.29, 0.717) is 23.2 Å². The van der Waals surface area contributed by atoms with Crippen LogP contribution < -0.4 is 11.1 Å². The predicted molar refractivity (Wildman–Crippen MR) is 169 cm³/mol. The average molecular weight is 613 g/mol. The third kappa shape index (κ3) is 8.48. The van der Waals surface area contributed by atoms with Crippen LogP contribution in [0.1, 0.15) is 90.2 Å². The molecule has 0 saturated carbocycles. The van der Waals surface area contributed by atoms with E-state index in [1.807, 2.05) is 0 Å². The van der Waals surface area contributed by atoms with E-state index in [0.717, 1.165) is 44.7 Å². The number of fused-ring (bicyclic) bond motifs is 1. The topological polar surface area (TPSA) is 107 Å². The maximum absolute atomic E-state index is 16.5. The Hall–Kier alpha value is -4.15. The van der Waals surface area contributed by atoms with Crippen LogP contribution in [-0.2, 0) is 15.5 Å². The number of ether oxygens (including phenoxy) is 1. The van der Waals surface area contributed by atoms with Gasteiger partial charge in [-0.15, -0.1) is 0 Å². The molecule has 1 amide bonds. The van der Waals surface area contributed by atoms with Crippen LogP contribution in [0.4, 0.5) is 24.8 Å². The van der Waals surface area contributed by atoms with E-state index >= 15 is 4.39 Å². The Morgan fingerprint density at radius 1 is 1.20 bits per heavy atom. The van der Waals surface area contributed by atoms with Crippen LogP contribution in [0.5, 0.6) is 0 Å². The maximum Gasteiger partial charge on any atom is 0.270 e. The summed E-state index contributed by atoms with van der Waals surface area (Å²) in [5.41, 5.74) is 6.13. The highest BCUT2D eigenvalue weighted by molar-refractivity contribution is 6.05. The zero-order chi connectivity index (χ0) is 32.6. The zero-order valence-electron chi connectivity index (χ0n) is 26.3. The molecule has 3 aromatic rings. The SMILES string of the molecule is C=C/C(=C\C(OCC)=C(/F)c1nc(C(CCC(C)C)CC(C)CC)n2ccnc(N)c12)C(=O)Nc1cc(C(C)(F)F)ccn1. The van der Waals surface area contributed by atoms with Crippen molar-refractivity contribution in [3.63, 3.8) is 0 Å². The highest BCUT2D eigenvalue weighted by atomic mass is 19.3. The summed E-state index contributed by atoms with van der Waals surface area (Å²) in [7, 11) is 0. The van der Waals surface area contributed by atoms with Gasteiger partial charge in [-0.05, 0) is 49.8 Å². The fourth-order valence-corrected chi connectivity index (χ4v) is 4.83. The molecular weight excluding hydrogens is 569 g/mol. The number of aromatic nitrogens is 4. The first-order valence-corrected chi connectivity index (χ1v) is 15.0. The van der Waals surface area contributed by atoms with Gasteiger partial charge in [-0.2, -0.15) is 0 Å². The lowest BCUT2D eigenvalue weighted by molar-refractivity contribution is -0.112. The number of nitrogen functional groups attached to an aromatic ring is 1. The number of anilines is 2. The molecule has 3 heterocycles. The molecule has 3 rings (SSSR count). The Kier molecular flexibility index (Phi) is 11.7. The molecule has 0 aliphatic heterocycles. The summed E-state index contributed by atoms with van der Waals surface area (Å²) in [5.74, 6) is -3.33. The molecule has 2 unspecified atom stereocenters. The van der Waals surface area contributed by atoms with Crippen LogP contribution in [0, 0.1) is 11.8 Å². The predicted octanol–water partition coefficient (Wildman–Crippen LogP) is 8.20. The number of carbonyl (C=O) groups excluding carboxylic acids is 1. The van der Waals surface area contributed by atoms with E-state index < -0.39 is 17.7 Å². The summed E-state index contributed by atoms with van der Waals surface area (Å²) in [6.07, 6.45) is 10.6. The van der Waals surface area contributed by atoms with Gasteiger partial charge in [0.25, 0.3) is 11.8 Å². The summed E-state index contributed by atoms with van der Waals surface area (Å²) in [6, 6.07) is 2.23. The Bertz CT molecular complexity index is 1520. The standard InChI is InChI=1S/C33H43F3N6O2/c1-8-21(6)17-23(12-11-20(4)5)31-41-28(29-30(37)39-15-16-42(29)31)27(34)25(44-10-3)18-22(9-2)32(43)40-26-19-24(13-14-38-26)33(7,35)36/h9,13-16,18-21,23H,2,8,10-12,17H2,1,3-7H3,(H2,37,39)(H,38,40,43)/b22-18+,27-25+. The van der Waals surface area contributed by atoms with Crippen LogP contribution in [0.25, 0.3) is 11.3 Å². The molecule has 8 nitrogen and oxygen atoms in total. The average Bonchev–Trinajstić information content (AvgIpc) is 3.37. The smallest absolute Gasteiger partial charge is 0.270 e. The molecule has 0 fully saturated rings. The van der Waals surface area contributed by atoms with Gasteiger partial charge in [0, 0.05) is 42.6 Å². The fourth-order valence-electron chi connectivity index (χ4n) is 4.83. The monoisotopic (exact) mass is 612 g/mol. The third-order valence-corrected chi connectivity index (χ3v) is 7.45. The van der Waals surface area contributed by atoms with E-state index in [-0.39, 0.29) is 46.8 Å². The van der Waals surface area contributed by atoms with Gasteiger partial charge in [0.2, 0.25) is 0 Å². The van der Waals surface area contributed by atoms with Crippen molar-refractivity contribution < 1.29 is 22.7 Å². The number of nitrogens with zero attached hydrogens (tertiary/aromatic N) is 4. The number of nitrogens with one attached hydrogen (secondary N) is 1. The van der Waals surface area contributed by atoms with Gasteiger partial charge in [0.05, 0.1) is 6.61 Å². The van der Waals surface area contributed by atoms with Gasteiger partial charge in [0.15, 0.2) is 11.6 Å². The summed E-state index contributed by atoms with van der Waals surface area (Å²) in [4.78, 5) is 26.0. The lowest BCUT2D eigenvalue weighted by atomic mass is 9.88. The van der Waals surface area contributed by atoms with Crippen LogP contribution in [0.3, 0.4) is 0 Å². The molecule has 0 spiro atoms. The minimum absolute atomic E-state index is 0.0440. The zero-order valence-corrected chi connectivity index (χ0v) is 26.3. The molecule has 3 aromatic heterocycles. The van der Waals surface area contributed by atoms with Crippen molar-refractivity contribution in [1.29, 1.82) is 0 Å². The molecule has 44 heavy (non-hydrogen) atoms. The lowest BCUT2D eigenvalue weighted by Gasteiger charge is -2.20. The number of amides is 1. The number of nitrogens with two attached hydrogens (primary N) is 1. The van der Waals surface area contributed by atoms with Crippen LogP contribution >= 0.6 is 0 Å². The van der Waals surface area contributed by atoms with E-state index in [1.54, 1.807) is 23.7 Å². The van der Waals surface area contributed by atoms with Gasteiger partial charge >= 0.3 is 0 Å². The highest BCUT2D eigenvalue weighted by Crippen LogP contribution is 2.36. The highest BCUT2D eigenvalue weighted by Gasteiger charge is 2.27. The number of carbonyl (C=O) groups is 1. The molecule has 0 aliphatic rings. The molecule has 0 saturated heterocycles. The third-order valence-electron chi connectivity index (χ3n) is 7.45. The molecule has 0 radical (unpaired) electrons. The number of rotatable bonds is 15. The Labute approximate surface area is 257 Å². The number of hydrogen-bond acceptors (Lipinski definition) is 6. The molecule has 0 aromatic carbocycles. The number of imidazole rings is 1. The minimum Gasteiger partial charge on any atom is -0.491 e. The van der Waals surface area contributed by atoms with E-state index in [4.69, 9.17) is 15.5 Å². The van der Waals surface area contributed by atoms with Crippen molar-refractivity contribution in [2.45, 2.75) is 79.1 Å². The van der Waals surface area contributed by atoms with E-state index in [2.05, 4.69) is 49.6 Å². The van der Waals surface area contributed by atoms with Crippen LogP contribution in [-0.4, -0.2) is 31.9 Å². The van der Waals surface area contributed by atoms with Crippen LogP contribution in [0.2, 0.25) is 0 Å². The van der Waals surface area contributed by atoms with Gasteiger partial charge in [-0.1, -0.05) is 53.2 Å². The largest absolute Gasteiger partial charge is 0.491 e. The van der Waals surface area contributed by atoms with Crippen LogP contribution in [0.15, 0.2) is 60.8 Å². The summed E-state index contributed by atoms with van der Waals surface area (Å²) >= 11 is 0. The molecular formula is C33H43F3N6O2. The normalized spacial score (nSPS) is 14.4. The maximum atomic E-state index is 16.5. The van der Waals surface area contributed by atoms with Gasteiger partial charge in [0.1, 0.15) is 28.7 Å². The van der Waals surface area contributed by atoms with Gasteiger partial charge in [-0.25, -0.2) is 28.1 Å². The van der Waals surface area contributed by atoms with Gasteiger partial charge in [-0.3, -0.25) is 9.20 Å². The van der Waals surface area contributed by atoms with Crippen molar-refractivity contribution in [2.75, 3.05) is 17.7 Å². The Balaban J connectivity index is 2.12. The van der Waals surface area contributed by atoms with Crippen molar-refractivity contribution in [3.05, 3.63) is 77.9 Å². The summed E-state index contributed by atoms with van der Waals surface area (Å²) < 4.78 is 51.5. The van der Waals surface area contributed by atoms with E-state index in [9.17, 15) is 13.6 Å². The molecule has 0 aliphatic carbocycles. The molecule has 3 N–H and O–H groups in total. The minimum atomic E-state index is -3.13. The Morgan fingerprint density at radius 3 is 2.55 bits per heavy atom. The second-order valence-electron chi connectivity index (χ2n) is 11.5. The van der Waals surface area contributed by atoms with Crippen molar-refractivity contribution in [3.8, 4) is 0 Å². The quantitative estimate of drug-likeness (QED) is 0.102. The van der Waals surface area contributed by atoms with Crippen molar-refractivity contribution in [1.82, 2.24) is 19.4 Å². The van der Waals surface area contributed by atoms with E-state index in [1.165, 1.54) is 18.3 Å². The second-order valence-corrected chi connectivity index (χ2v) is 11.5. The molecule has 2 atom stereocenters. The molecule has 11 heteroatoms. The van der Waals surface area contributed by atoms with Gasteiger partial charge < -0.3 is 15.8 Å². The summed E-state index contributed by atoms with van der Waals surface area (Å²) in [5, 5.41) is 2.46. The first-order chi connectivity index (χ1) is 20.8.